The molecule has 0 bridgehead atoms. The van der Waals surface area contributed by atoms with Crippen molar-refractivity contribution in [3.8, 4) is 0 Å². The summed E-state index contributed by atoms with van der Waals surface area (Å²) in [6, 6.07) is 0. The molecule has 0 saturated heterocycles. The molecule has 0 aliphatic heterocycles. The van der Waals surface area contributed by atoms with Gasteiger partial charge in [0.2, 0.25) is 0 Å². The molecule has 0 N–H and O–H groups in total. The van der Waals surface area contributed by atoms with Gasteiger partial charge in [-0.05, 0) is 12.3 Å². The van der Waals surface area contributed by atoms with Crippen LogP contribution in [0.2, 0.25) is 0 Å². The third kappa shape index (κ3) is 5.75. The highest BCUT2D eigenvalue weighted by molar-refractivity contribution is 4.62. The van der Waals surface area contributed by atoms with Crippen LogP contribution in [-0.4, -0.2) is 0 Å². The Labute approximate surface area is 59.7 Å². The molecular formula is C9H19+. The van der Waals surface area contributed by atoms with Crippen molar-refractivity contribution in [2.75, 3.05) is 0 Å². The molecule has 0 aromatic carbocycles. The summed E-state index contributed by atoms with van der Waals surface area (Å²) >= 11 is 0. The topological polar surface area (TPSA) is 0 Å². The van der Waals surface area contributed by atoms with Crippen molar-refractivity contribution in [3.63, 3.8) is 0 Å². The van der Waals surface area contributed by atoms with E-state index in [9.17, 15) is 0 Å². The quantitative estimate of drug-likeness (QED) is 0.496. The maximum absolute atomic E-state index is 2.33. The van der Waals surface area contributed by atoms with Crippen molar-refractivity contribution in [2.45, 2.75) is 46.5 Å². The highest BCUT2D eigenvalue weighted by atomic mass is 14.0. The summed E-state index contributed by atoms with van der Waals surface area (Å²) in [5, 5.41) is 0. The van der Waals surface area contributed by atoms with E-state index < -0.39 is 0 Å². The first-order valence-electron chi connectivity index (χ1n) is 4.09. The van der Waals surface area contributed by atoms with Gasteiger partial charge in [-0.3, -0.25) is 0 Å². The van der Waals surface area contributed by atoms with Crippen molar-refractivity contribution >= 4 is 0 Å². The molecule has 0 heteroatoms. The SMILES string of the molecule is C[CH+]CC(C)CCCC. The van der Waals surface area contributed by atoms with Gasteiger partial charge in [0.25, 0.3) is 0 Å². The van der Waals surface area contributed by atoms with Crippen molar-refractivity contribution in [1.29, 1.82) is 0 Å². The third-order valence-corrected chi connectivity index (χ3v) is 1.69. The van der Waals surface area contributed by atoms with E-state index in [1.54, 1.807) is 0 Å². The van der Waals surface area contributed by atoms with E-state index in [1.165, 1.54) is 25.7 Å². The van der Waals surface area contributed by atoms with Gasteiger partial charge >= 0.3 is 0 Å². The van der Waals surface area contributed by atoms with Crippen LogP contribution >= 0.6 is 0 Å². The van der Waals surface area contributed by atoms with Crippen LogP contribution in [0.4, 0.5) is 0 Å². The fraction of sp³-hybridized carbons (Fsp3) is 0.889. The zero-order valence-electron chi connectivity index (χ0n) is 6.98. The van der Waals surface area contributed by atoms with Crippen LogP contribution in [0.25, 0.3) is 0 Å². The molecule has 0 aromatic heterocycles. The minimum absolute atomic E-state index is 0.912. The minimum atomic E-state index is 0.912. The molecule has 0 spiro atoms. The van der Waals surface area contributed by atoms with E-state index in [4.69, 9.17) is 0 Å². The fourth-order valence-electron chi connectivity index (χ4n) is 1.07. The van der Waals surface area contributed by atoms with Crippen molar-refractivity contribution in [3.05, 3.63) is 6.42 Å². The van der Waals surface area contributed by atoms with Crippen LogP contribution in [-0.2, 0) is 0 Å². The summed E-state index contributed by atoms with van der Waals surface area (Å²) < 4.78 is 0. The monoisotopic (exact) mass is 127 g/mol. The minimum Gasteiger partial charge on any atom is -0.0654 e. The van der Waals surface area contributed by atoms with E-state index in [2.05, 4.69) is 27.2 Å². The second-order valence-corrected chi connectivity index (χ2v) is 2.89. The predicted octanol–water partition coefficient (Wildman–Crippen LogP) is 3.43. The lowest BCUT2D eigenvalue weighted by molar-refractivity contribution is 0.499. The van der Waals surface area contributed by atoms with Crippen molar-refractivity contribution in [2.24, 2.45) is 5.92 Å². The Morgan fingerprint density at radius 1 is 1.44 bits per heavy atom. The standard InChI is InChI=1S/C9H19/c1-4-6-8-9(3)7-5-2/h5,9H,4,6-8H2,1-3H3/q+1. The van der Waals surface area contributed by atoms with E-state index in [-0.39, 0.29) is 0 Å². The van der Waals surface area contributed by atoms with Gasteiger partial charge in [0.1, 0.15) is 0 Å². The first-order chi connectivity index (χ1) is 4.31. The Balaban J connectivity index is 2.95. The Morgan fingerprint density at radius 3 is 2.56 bits per heavy atom. The molecule has 0 rings (SSSR count). The molecule has 9 heavy (non-hydrogen) atoms. The normalized spacial score (nSPS) is 13.2. The fourth-order valence-corrected chi connectivity index (χ4v) is 1.07. The van der Waals surface area contributed by atoms with E-state index in [0.29, 0.717) is 0 Å². The molecule has 1 atom stereocenters. The molecule has 0 amide bonds. The molecular weight excluding hydrogens is 108 g/mol. The van der Waals surface area contributed by atoms with Gasteiger partial charge in [-0.2, -0.15) is 0 Å². The Kier molecular flexibility index (Phi) is 5.91. The molecule has 0 aliphatic rings. The van der Waals surface area contributed by atoms with Gasteiger partial charge < -0.3 is 0 Å². The third-order valence-electron chi connectivity index (χ3n) is 1.69. The van der Waals surface area contributed by atoms with E-state index in [0.717, 1.165) is 5.92 Å². The van der Waals surface area contributed by atoms with E-state index >= 15 is 0 Å². The van der Waals surface area contributed by atoms with Crippen molar-refractivity contribution in [1.82, 2.24) is 0 Å². The summed E-state index contributed by atoms with van der Waals surface area (Å²) in [6.07, 6.45) is 7.70. The molecule has 0 heterocycles. The lowest BCUT2D eigenvalue weighted by Gasteiger charge is -2.02. The van der Waals surface area contributed by atoms with E-state index in [1.807, 2.05) is 0 Å². The van der Waals surface area contributed by atoms with Crippen LogP contribution in [0.1, 0.15) is 46.5 Å². The second kappa shape index (κ2) is 6.00. The van der Waals surface area contributed by atoms with Crippen LogP contribution in [0, 0.1) is 12.3 Å². The Hall–Kier alpha value is -0.130. The zero-order valence-corrected chi connectivity index (χ0v) is 6.98. The first kappa shape index (κ1) is 8.87. The van der Waals surface area contributed by atoms with Crippen LogP contribution in [0.15, 0.2) is 0 Å². The molecule has 0 radical (unpaired) electrons. The van der Waals surface area contributed by atoms with Gasteiger partial charge in [0.15, 0.2) is 0 Å². The molecule has 0 saturated carbocycles. The average Bonchev–Trinajstić information content (AvgIpc) is 1.85. The zero-order chi connectivity index (χ0) is 7.11. The first-order valence-corrected chi connectivity index (χ1v) is 4.09. The van der Waals surface area contributed by atoms with Crippen LogP contribution < -0.4 is 0 Å². The number of hydrogen-bond donors (Lipinski definition) is 0. The number of hydrogen-bond acceptors (Lipinski definition) is 0. The predicted molar refractivity (Wildman–Crippen MR) is 43.3 cm³/mol. The summed E-state index contributed by atoms with van der Waals surface area (Å²) in [5.74, 6) is 0.912. The summed E-state index contributed by atoms with van der Waals surface area (Å²) in [7, 11) is 0. The maximum Gasteiger partial charge on any atom is 0.0897 e. The highest BCUT2D eigenvalue weighted by Crippen LogP contribution is 2.12. The second-order valence-electron chi connectivity index (χ2n) is 2.89. The lowest BCUT2D eigenvalue weighted by Crippen LogP contribution is -1.92. The number of unbranched alkanes of at least 4 members (excludes halogenated alkanes) is 1. The molecule has 0 aromatic rings. The van der Waals surface area contributed by atoms with Gasteiger partial charge in [-0.25, -0.2) is 0 Å². The summed E-state index contributed by atoms with van der Waals surface area (Å²) in [4.78, 5) is 0. The smallest absolute Gasteiger partial charge is 0.0654 e. The number of rotatable bonds is 5. The lowest BCUT2D eigenvalue weighted by atomic mass is 10.00. The largest absolute Gasteiger partial charge is 0.0897 e. The Morgan fingerprint density at radius 2 is 2.11 bits per heavy atom. The molecule has 54 valence electrons. The molecule has 1 unspecified atom stereocenters. The maximum atomic E-state index is 2.33. The van der Waals surface area contributed by atoms with Gasteiger partial charge in [-0.1, -0.05) is 26.7 Å². The highest BCUT2D eigenvalue weighted by Gasteiger charge is 2.02. The Bertz CT molecular complexity index is 48.0. The average molecular weight is 127 g/mol. The molecule has 0 fully saturated rings. The molecule has 0 nitrogen and oxygen atoms in total. The van der Waals surface area contributed by atoms with Gasteiger partial charge in [0.05, 0.1) is 19.8 Å². The summed E-state index contributed by atoms with van der Waals surface area (Å²) in [6.45, 7) is 6.72. The molecule has 0 aliphatic carbocycles. The van der Waals surface area contributed by atoms with Crippen LogP contribution in [0.5, 0.6) is 0 Å². The van der Waals surface area contributed by atoms with Crippen molar-refractivity contribution < 1.29 is 0 Å². The van der Waals surface area contributed by atoms with Crippen LogP contribution in [0.3, 0.4) is 0 Å². The van der Waals surface area contributed by atoms with Gasteiger partial charge in [-0.15, -0.1) is 0 Å². The summed E-state index contributed by atoms with van der Waals surface area (Å²) in [5.41, 5.74) is 0. The van der Waals surface area contributed by atoms with Gasteiger partial charge in [0, 0.05) is 0 Å².